The second kappa shape index (κ2) is 23.1. The molecule has 3 rings (SSSR count). The Morgan fingerprint density at radius 2 is 1.42 bits per heavy atom. The number of Topliss-reactive ketones (excluding diaryl/α,β-unsaturated/α-hetero) is 6. The first-order valence-electron chi connectivity index (χ1n) is 20.5. The molecule has 1 aliphatic rings. The van der Waals surface area contributed by atoms with Crippen LogP contribution in [0.3, 0.4) is 0 Å². The summed E-state index contributed by atoms with van der Waals surface area (Å²) in [4.78, 5) is 95.4. The van der Waals surface area contributed by atoms with Gasteiger partial charge in [-0.2, -0.15) is 0 Å². The first-order valence-corrected chi connectivity index (χ1v) is 20.5. The van der Waals surface area contributed by atoms with E-state index in [-0.39, 0.29) is 73.5 Å². The van der Waals surface area contributed by atoms with E-state index in [4.69, 9.17) is 0 Å². The molecule has 1 amide bonds. The summed E-state index contributed by atoms with van der Waals surface area (Å²) in [6.07, 6.45) is 3.79. The molecule has 1 aliphatic heterocycles. The Bertz CT molecular complexity index is 1590. The van der Waals surface area contributed by atoms with Crippen LogP contribution in [0, 0.1) is 30.1 Å². The molecule has 0 N–H and O–H groups in total. The van der Waals surface area contributed by atoms with Crippen LogP contribution in [0.4, 0.5) is 0 Å². The normalized spacial score (nSPS) is 15.7. The number of amides is 1. The molecule has 2 aromatic rings. The van der Waals surface area contributed by atoms with Crippen LogP contribution in [0.2, 0.25) is 0 Å². The lowest BCUT2D eigenvalue weighted by molar-refractivity contribution is -0.146. The third kappa shape index (κ3) is 15.2. The Kier molecular flexibility index (Phi) is 19.8. The molecule has 0 spiro atoms. The summed E-state index contributed by atoms with van der Waals surface area (Å²) < 4.78 is 0. The molecule has 1 heterocycles. The van der Waals surface area contributed by atoms with E-state index in [9.17, 15) is 33.6 Å². The molecule has 0 aliphatic carbocycles. The van der Waals surface area contributed by atoms with E-state index in [1.165, 1.54) is 6.42 Å². The van der Waals surface area contributed by atoms with Crippen LogP contribution in [0.15, 0.2) is 54.6 Å². The quantitative estimate of drug-likeness (QED) is 0.116. The molecule has 1 saturated heterocycles. The Morgan fingerprint density at radius 3 is 1.98 bits per heavy atom. The van der Waals surface area contributed by atoms with E-state index in [1.807, 2.05) is 89.2 Å². The van der Waals surface area contributed by atoms with Gasteiger partial charge in [-0.15, -0.1) is 0 Å². The van der Waals surface area contributed by atoms with Crippen LogP contribution in [0.5, 0.6) is 0 Å². The van der Waals surface area contributed by atoms with Crippen LogP contribution in [-0.2, 0) is 40.0 Å². The van der Waals surface area contributed by atoms with Crippen LogP contribution in [0.25, 0.3) is 0 Å². The Balaban J connectivity index is 0.00000337. The third-order valence-corrected chi connectivity index (χ3v) is 10.4. The van der Waals surface area contributed by atoms with E-state index in [0.29, 0.717) is 32.2 Å². The average Bonchev–Trinajstić information content (AvgIpc) is 3.64. The van der Waals surface area contributed by atoms with Crippen molar-refractivity contribution in [2.75, 3.05) is 6.54 Å². The highest BCUT2D eigenvalue weighted by Crippen LogP contribution is 2.34. The molecule has 8 nitrogen and oxygen atoms in total. The third-order valence-electron chi connectivity index (χ3n) is 10.4. The van der Waals surface area contributed by atoms with Gasteiger partial charge in [-0.25, -0.2) is 0 Å². The van der Waals surface area contributed by atoms with E-state index in [2.05, 4.69) is 13.8 Å². The molecule has 8 heteroatoms. The number of ketones is 6. The predicted octanol–water partition coefficient (Wildman–Crippen LogP) is 9.22. The molecule has 55 heavy (non-hydrogen) atoms. The molecule has 0 saturated carbocycles. The van der Waals surface area contributed by atoms with E-state index in [0.717, 1.165) is 23.1 Å². The summed E-state index contributed by atoms with van der Waals surface area (Å²) in [5, 5.41) is 0. The fourth-order valence-electron chi connectivity index (χ4n) is 7.12. The number of carbonyl (C=O) groups excluding carboxylic acids is 7. The zero-order valence-electron chi connectivity index (χ0n) is 35.1. The summed E-state index contributed by atoms with van der Waals surface area (Å²) in [7, 11) is 0. The molecule has 2 aromatic carbocycles. The van der Waals surface area contributed by atoms with Crippen molar-refractivity contribution in [2.45, 2.75) is 151 Å². The molecule has 0 bridgehead atoms. The first kappa shape index (κ1) is 47.1. The van der Waals surface area contributed by atoms with Crippen molar-refractivity contribution in [1.29, 1.82) is 0 Å². The van der Waals surface area contributed by atoms with E-state index < -0.39 is 40.8 Å². The molecule has 0 radical (unpaired) electrons. The van der Waals surface area contributed by atoms with Gasteiger partial charge in [-0.3, -0.25) is 33.6 Å². The van der Waals surface area contributed by atoms with E-state index in [1.54, 1.807) is 18.7 Å². The fraction of sp³-hybridized carbons (Fsp3) is 0.596. The van der Waals surface area contributed by atoms with Gasteiger partial charge in [0.2, 0.25) is 11.7 Å². The number of hydrogen-bond donors (Lipinski definition) is 0. The van der Waals surface area contributed by atoms with Crippen molar-refractivity contribution in [2.24, 2.45) is 23.2 Å². The molecule has 0 aromatic heterocycles. The zero-order valence-corrected chi connectivity index (χ0v) is 35.1. The van der Waals surface area contributed by atoms with Gasteiger partial charge >= 0.3 is 0 Å². The smallest absolute Gasteiger partial charge is 0.227 e. The molecule has 1 fully saturated rings. The summed E-state index contributed by atoms with van der Waals surface area (Å²) in [6.45, 7) is 18.0. The van der Waals surface area contributed by atoms with Gasteiger partial charge in [0, 0.05) is 68.7 Å². The number of carbonyl (C=O) groups is 7. The average molecular weight is 758 g/mol. The minimum Gasteiger partial charge on any atom is -0.332 e. The number of nitrogens with zero attached hydrogens (tertiary/aromatic N) is 1. The van der Waals surface area contributed by atoms with Gasteiger partial charge in [0.05, 0.1) is 6.04 Å². The predicted molar refractivity (Wildman–Crippen MR) is 219 cm³/mol. The van der Waals surface area contributed by atoms with Gasteiger partial charge in [0.15, 0.2) is 11.6 Å². The number of rotatable bonds is 21. The van der Waals surface area contributed by atoms with Crippen LogP contribution >= 0.6 is 0 Å². The standard InChI is InChI=1S/C44H59NO7.C3H8/c1-8-9-14-33(42(51)39(48)23-22-34(46)27-36(41(50)29(2)3)32-15-11-10-12-16-32)26-40(49)38-17-13-24-45(38)43(52)37(44(5,6)7)28-35(47)25-31-20-18-30(4)19-21-31;1-3-2/h10-12,15-16,18-21,29,33,36-38H,8-9,13-14,17,22-28H2,1-7H3;3H2,1-2H3. The van der Waals surface area contributed by atoms with Gasteiger partial charge in [-0.1, -0.05) is 135 Å². The summed E-state index contributed by atoms with van der Waals surface area (Å²) in [5.74, 6) is -4.51. The number of benzene rings is 2. The number of unbranched alkanes of at least 4 members (excludes halogenated alkanes) is 1. The van der Waals surface area contributed by atoms with Crippen molar-refractivity contribution in [3.05, 3.63) is 71.3 Å². The van der Waals surface area contributed by atoms with Crippen LogP contribution in [0.1, 0.15) is 149 Å². The monoisotopic (exact) mass is 757 g/mol. The molecule has 4 unspecified atom stereocenters. The molecule has 302 valence electrons. The summed E-state index contributed by atoms with van der Waals surface area (Å²) >= 11 is 0. The Morgan fingerprint density at radius 1 is 0.800 bits per heavy atom. The van der Waals surface area contributed by atoms with Gasteiger partial charge in [-0.05, 0) is 42.7 Å². The summed E-state index contributed by atoms with van der Waals surface area (Å²) in [6, 6.07) is 16.2. The zero-order chi connectivity index (χ0) is 41.3. The van der Waals surface area contributed by atoms with Crippen molar-refractivity contribution in [1.82, 2.24) is 4.90 Å². The lowest BCUT2D eigenvalue weighted by Crippen LogP contribution is -2.47. The molecule has 4 atom stereocenters. The van der Waals surface area contributed by atoms with E-state index >= 15 is 0 Å². The largest absolute Gasteiger partial charge is 0.332 e. The lowest BCUT2D eigenvalue weighted by Gasteiger charge is -2.35. The lowest BCUT2D eigenvalue weighted by atomic mass is 9.76. The highest BCUT2D eigenvalue weighted by atomic mass is 16.2. The summed E-state index contributed by atoms with van der Waals surface area (Å²) in [5.41, 5.74) is 2.22. The Labute approximate surface area is 330 Å². The second-order valence-electron chi connectivity index (χ2n) is 16.8. The van der Waals surface area contributed by atoms with Crippen molar-refractivity contribution >= 4 is 40.6 Å². The minimum absolute atomic E-state index is 0.0384. The molecular weight excluding hydrogens is 691 g/mol. The SMILES string of the molecule is CCC.CCCCC(CC(=O)C1CCCN1C(=O)C(CC(=O)Cc1ccc(C)cc1)C(C)(C)C)C(=O)C(=O)CCC(=O)CC(C(=O)C(C)C)c1ccccc1. The maximum absolute atomic E-state index is 14.1. The molecular formula is C47H67NO7. The van der Waals surface area contributed by atoms with Gasteiger partial charge in [0.1, 0.15) is 17.3 Å². The number of likely N-dealkylation sites (tertiary alicyclic amines) is 1. The Hall–Kier alpha value is -4.07. The van der Waals surface area contributed by atoms with Crippen LogP contribution < -0.4 is 0 Å². The first-order chi connectivity index (χ1) is 25.9. The highest BCUT2D eigenvalue weighted by molar-refractivity contribution is 6.38. The van der Waals surface area contributed by atoms with Crippen molar-refractivity contribution in [3.8, 4) is 0 Å². The van der Waals surface area contributed by atoms with Gasteiger partial charge < -0.3 is 4.90 Å². The fourth-order valence-corrected chi connectivity index (χ4v) is 7.12. The number of aryl methyl sites for hydroxylation is 1. The second-order valence-corrected chi connectivity index (χ2v) is 16.8. The van der Waals surface area contributed by atoms with Gasteiger partial charge in [0.25, 0.3) is 0 Å². The topological polar surface area (TPSA) is 123 Å². The minimum atomic E-state index is -0.832. The maximum Gasteiger partial charge on any atom is 0.227 e. The highest BCUT2D eigenvalue weighted by Gasteiger charge is 2.42. The van der Waals surface area contributed by atoms with Crippen LogP contribution in [-0.4, -0.2) is 58.1 Å². The maximum atomic E-state index is 14.1. The van der Waals surface area contributed by atoms with Crippen molar-refractivity contribution in [3.63, 3.8) is 0 Å². The van der Waals surface area contributed by atoms with Crippen molar-refractivity contribution < 1.29 is 33.6 Å². The number of hydrogen-bond acceptors (Lipinski definition) is 7.